The van der Waals surface area contributed by atoms with E-state index in [0.29, 0.717) is 12.6 Å². The fraction of sp³-hybridized carbons (Fsp3) is 0.500. The van der Waals surface area contributed by atoms with E-state index in [1.54, 1.807) is 0 Å². The van der Waals surface area contributed by atoms with Crippen molar-refractivity contribution in [3.8, 4) is 0 Å². The molecule has 0 radical (unpaired) electrons. The van der Waals surface area contributed by atoms with E-state index in [4.69, 9.17) is 0 Å². The van der Waals surface area contributed by atoms with E-state index in [1.165, 1.54) is 11.8 Å². The molecule has 1 aromatic carbocycles. The lowest BCUT2D eigenvalue weighted by Gasteiger charge is -2.36. The summed E-state index contributed by atoms with van der Waals surface area (Å²) in [6.07, 6.45) is 2.26. The van der Waals surface area contributed by atoms with Crippen molar-refractivity contribution in [1.82, 2.24) is 14.4 Å². The highest BCUT2D eigenvalue weighted by Crippen LogP contribution is 2.30. The van der Waals surface area contributed by atoms with Gasteiger partial charge in [0, 0.05) is 40.2 Å². The van der Waals surface area contributed by atoms with E-state index in [2.05, 4.69) is 58.5 Å². The van der Waals surface area contributed by atoms with Gasteiger partial charge in [-0.3, -0.25) is 4.79 Å². The first-order chi connectivity index (χ1) is 11.0. The molecule has 1 fully saturated rings. The number of benzene rings is 1. The van der Waals surface area contributed by atoms with Crippen LogP contribution in [0, 0.1) is 6.92 Å². The van der Waals surface area contributed by atoms with E-state index in [-0.39, 0.29) is 5.91 Å². The molecule has 2 aromatic rings. The first kappa shape index (κ1) is 16.5. The Balaban J connectivity index is 1.82. The summed E-state index contributed by atoms with van der Waals surface area (Å²) in [4.78, 5) is 17.1. The number of aromatic nitrogens is 1. The van der Waals surface area contributed by atoms with Crippen molar-refractivity contribution in [1.29, 1.82) is 0 Å². The highest BCUT2D eigenvalue weighted by molar-refractivity contribution is 9.10. The molecule has 4 nitrogen and oxygen atoms in total. The number of para-hydroxylation sites is 1. The van der Waals surface area contributed by atoms with Crippen molar-refractivity contribution in [2.75, 3.05) is 27.2 Å². The number of carbonyl (C=O) groups excluding carboxylic acids is 1. The first-order valence-electron chi connectivity index (χ1n) is 8.16. The molecule has 1 aromatic heterocycles. The zero-order valence-corrected chi connectivity index (χ0v) is 15.6. The zero-order chi connectivity index (χ0) is 16.6. The van der Waals surface area contributed by atoms with Gasteiger partial charge < -0.3 is 14.4 Å². The van der Waals surface area contributed by atoms with Crippen LogP contribution in [0.25, 0.3) is 10.9 Å². The van der Waals surface area contributed by atoms with Crippen LogP contribution in [0.3, 0.4) is 0 Å². The van der Waals surface area contributed by atoms with Gasteiger partial charge in [-0.05, 0) is 55.9 Å². The van der Waals surface area contributed by atoms with Crippen molar-refractivity contribution in [3.05, 3.63) is 34.4 Å². The van der Waals surface area contributed by atoms with Gasteiger partial charge in [0.1, 0.15) is 6.54 Å². The number of rotatable bonds is 3. The molecule has 0 spiro atoms. The summed E-state index contributed by atoms with van der Waals surface area (Å²) in [6.45, 7) is 4.20. The first-order valence-corrected chi connectivity index (χ1v) is 8.96. The third-order valence-electron chi connectivity index (χ3n) is 4.93. The Morgan fingerprint density at radius 3 is 2.83 bits per heavy atom. The molecule has 1 aliphatic rings. The number of halogens is 1. The lowest BCUT2D eigenvalue weighted by Crippen LogP contribution is -2.48. The quantitative estimate of drug-likeness (QED) is 0.820. The Hall–Kier alpha value is -1.33. The summed E-state index contributed by atoms with van der Waals surface area (Å²) in [5.41, 5.74) is 2.23. The predicted molar refractivity (Wildman–Crippen MR) is 97.7 cm³/mol. The normalized spacial score (nSPS) is 18.8. The van der Waals surface area contributed by atoms with Crippen LogP contribution in [0.1, 0.15) is 18.5 Å². The molecule has 0 saturated carbocycles. The van der Waals surface area contributed by atoms with Gasteiger partial charge in [-0.1, -0.05) is 18.2 Å². The summed E-state index contributed by atoms with van der Waals surface area (Å²) in [6, 6.07) is 8.71. The summed E-state index contributed by atoms with van der Waals surface area (Å²) in [5, 5.41) is 1.17. The highest BCUT2D eigenvalue weighted by atomic mass is 79.9. The molecule has 0 aliphatic carbocycles. The second-order valence-corrected chi connectivity index (χ2v) is 7.40. The Morgan fingerprint density at radius 1 is 1.35 bits per heavy atom. The monoisotopic (exact) mass is 377 g/mol. The van der Waals surface area contributed by atoms with Crippen LogP contribution in [0.4, 0.5) is 0 Å². The number of hydrogen-bond acceptors (Lipinski definition) is 2. The molecule has 1 saturated heterocycles. The van der Waals surface area contributed by atoms with E-state index < -0.39 is 0 Å². The molecule has 0 N–H and O–H groups in total. The molecule has 2 heterocycles. The van der Waals surface area contributed by atoms with Gasteiger partial charge in [-0.25, -0.2) is 0 Å². The maximum Gasteiger partial charge on any atom is 0.242 e. The van der Waals surface area contributed by atoms with Crippen molar-refractivity contribution in [2.24, 2.45) is 0 Å². The lowest BCUT2D eigenvalue weighted by molar-refractivity contribution is -0.133. The fourth-order valence-electron chi connectivity index (χ4n) is 3.43. The molecule has 1 unspecified atom stereocenters. The number of carbonyl (C=O) groups is 1. The average Bonchev–Trinajstić information content (AvgIpc) is 2.80. The standard InChI is InChI=1S/C18H24BrN3O/c1-13-18(19)15-8-4-5-9-16(15)22(13)12-17(23)21-10-6-7-14(11-21)20(2)3/h4-5,8-9,14H,6-7,10-12H2,1-3H3. The van der Waals surface area contributed by atoms with Crippen LogP contribution in [-0.2, 0) is 11.3 Å². The van der Waals surface area contributed by atoms with E-state index in [0.717, 1.165) is 35.2 Å². The molecule has 3 rings (SSSR count). The smallest absolute Gasteiger partial charge is 0.242 e. The van der Waals surface area contributed by atoms with Crippen molar-refractivity contribution in [2.45, 2.75) is 32.4 Å². The van der Waals surface area contributed by atoms with Gasteiger partial charge in [-0.15, -0.1) is 0 Å². The highest BCUT2D eigenvalue weighted by Gasteiger charge is 2.25. The summed E-state index contributed by atoms with van der Waals surface area (Å²) < 4.78 is 3.21. The molecule has 23 heavy (non-hydrogen) atoms. The van der Waals surface area contributed by atoms with Crippen LogP contribution in [0.5, 0.6) is 0 Å². The molecule has 124 valence electrons. The number of hydrogen-bond donors (Lipinski definition) is 0. The van der Waals surface area contributed by atoms with Gasteiger partial charge in [0.15, 0.2) is 0 Å². The minimum atomic E-state index is 0.216. The Bertz CT molecular complexity index is 722. The third-order valence-corrected chi connectivity index (χ3v) is 5.93. The number of piperidine rings is 1. The number of fused-ring (bicyclic) bond motifs is 1. The molecule has 0 bridgehead atoms. The maximum absolute atomic E-state index is 12.8. The molecular weight excluding hydrogens is 354 g/mol. The van der Waals surface area contributed by atoms with Gasteiger partial charge >= 0.3 is 0 Å². The van der Waals surface area contributed by atoms with Crippen LogP contribution in [-0.4, -0.2) is 53.5 Å². The third kappa shape index (κ3) is 3.17. The molecule has 1 atom stereocenters. The van der Waals surface area contributed by atoms with Crippen molar-refractivity contribution < 1.29 is 4.79 Å². The van der Waals surface area contributed by atoms with Gasteiger partial charge in [0.2, 0.25) is 5.91 Å². The zero-order valence-electron chi connectivity index (χ0n) is 14.1. The second kappa shape index (κ2) is 6.65. The SMILES string of the molecule is Cc1c(Br)c2ccccc2n1CC(=O)N1CCCC(N(C)C)C1. The number of likely N-dealkylation sites (tertiary alicyclic amines) is 1. The Labute approximate surface area is 146 Å². The van der Waals surface area contributed by atoms with Gasteiger partial charge in [0.25, 0.3) is 0 Å². The average molecular weight is 378 g/mol. The molecule has 1 amide bonds. The van der Waals surface area contributed by atoms with Crippen molar-refractivity contribution >= 4 is 32.7 Å². The van der Waals surface area contributed by atoms with E-state index in [1.807, 2.05) is 17.0 Å². The van der Waals surface area contributed by atoms with Crippen LogP contribution >= 0.6 is 15.9 Å². The van der Waals surface area contributed by atoms with Gasteiger partial charge in [0.05, 0.1) is 0 Å². The maximum atomic E-state index is 12.8. The number of nitrogens with zero attached hydrogens (tertiary/aromatic N) is 3. The summed E-state index contributed by atoms with van der Waals surface area (Å²) in [5.74, 6) is 0.216. The molecular formula is C18H24BrN3O. The van der Waals surface area contributed by atoms with Crippen molar-refractivity contribution in [3.63, 3.8) is 0 Å². The predicted octanol–water partition coefficient (Wildman–Crippen LogP) is 3.26. The lowest BCUT2D eigenvalue weighted by atomic mass is 10.0. The summed E-state index contributed by atoms with van der Waals surface area (Å²) >= 11 is 3.66. The van der Waals surface area contributed by atoms with Crippen LogP contribution in [0.15, 0.2) is 28.7 Å². The molecule has 1 aliphatic heterocycles. The minimum absolute atomic E-state index is 0.216. The van der Waals surface area contributed by atoms with Crippen LogP contribution in [0.2, 0.25) is 0 Å². The number of likely N-dealkylation sites (N-methyl/N-ethyl adjacent to an activating group) is 1. The molecule has 5 heteroatoms. The largest absolute Gasteiger partial charge is 0.340 e. The van der Waals surface area contributed by atoms with E-state index in [9.17, 15) is 4.79 Å². The Morgan fingerprint density at radius 2 is 2.09 bits per heavy atom. The topological polar surface area (TPSA) is 28.5 Å². The number of amides is 1. The summed E-state index contributed by atoms with van der Waals surface area (Å²) in [7, 11) is 4.19. The van der Waals surface area contributed by atoms with E-state index >= 15 is 0 Å². The van der Waals surface area contributed by atoms with Gasteiger partial charge in [-0.2, -0.15) is 0 Å². The Kier molecular flexibility index (Phi) is 4.78. The van der Waals surface area contributed by atoms with Crippen LogP contribution < -0.4 is 0 Å². The second-order valence-electron chi connectivity index (χ2n) is 6.60. The minimum Gasteiger partial charge on any atom is -0.340 e. The fourth-order valence-corrected chi connectivity index (χ4v) is 3.98.